The van der Waals surface area contributed by atoms with E-state index in [1.54, 1.807) is 0 Å². The number of nitrogens with one attached hydrogen (secondary N) is 1. The highest BCUT2D eigenvalue weighted by molar-refractivity contribution is 7.99. The van der Waals surface area contributed by atoms with E-state index in [1.165, 1.54) is 16.0 Å². The van der Waals surface area contributed by atoms with Crippen LogP contribution in [0, 0.1) is 25.2 Å². The first-order valence-electron chi connectivity index (χ1n) is 6.00. The van der Waals surface area contributed by atoms with Gasteiger partial charge >= 0.3 is 0 Å². The van der Waals surface area contributed by atoms with Gasteiger partial charge in [0.15, 0.2) is 0 Å². The number of nitriles is 1. The van der Waals surface area contributed by atoms with Gasteiger partial charge in [0.25, 0.3) is 0 Å². The topological polar surface area (TPSA) is 35.8 Å². The third-order valence-corrected chi connectivity index (χ3v) is 3.81. The zero-order valence-electron chi connectivity index (χ0n) is 10.8. The second-order valence-corrected chi connectivity index (χ2v) is 5.28. The molecule has 0 spiro atoms. The highest BCUT2D eigenvalue weighted by atomic mass is 32.2. The molecule has 0 fully saturated rings. The van der Waals surface area contributed by atoms with Crippen LogP contribution in [0.25, 0.3) is 0 Å². The number of hydrogen-bond acceptors (Lipinski definition) is 3. The quantitative estimate of drug-likeness (QED) is 0.785. The molecule has 0 amide bonds. The largest absolute Gasteiger partial charge is 0.302 e. The molecule has 1 rings (SSSR count). The van der Waals surface area contributed by atoms with Crippen molar-refractivity contribution in [2.75, 3.05) is 12.3 Å². The lowest BCUT2D eigenvalue weighted by molar-refractivity contribution is 0.613. The molecular formula is C14H20N2S. The summed E-state index contributed by atoms with van der Waals surface area (Å²) in [7, 11) is 0. The molecule has 0 aromatic heterocycles. The first-order valence-corrected chi connectivity index (χ1v) is 6.99. The minimum Gasteiger partial charge on any atom is -0.302 e. The SMILES string of the molecule is CCNC(C#N)CCSc1ccc(C)cc1C. The molecule has 2 nitrogen and oxygen atoms in total. The van der Waals surface area contributed by atoms with E-state index in [1.807, 2.05) is 18.7 Å². The van der Waals surface area contributed by atoms with Crippen LogP contribution in [0.3, 0.4) is 0 Å². The number of hydrogen-bond donors (Lipinski definition) is 1. The predicted molar refractivity (Wildman–Crippen MR) is 74.3 cm³/mol. The van der Waals surface area contributed by atoms with Gasteiger partial charge in [-0.15, -0.1) is 11.8 Å². The zero-order chi connectivity index (χ0) is 12.7. The van der Waals surface area contributed by atoms with Gasteiger partial charge in [0, 0.05) is 10.6 Å². The fourth-order valence-corrected chi connectivity index (χ4v) is 2.73. The van der Waals surface area contributed by atoms with Crippen molar-refractivity contribution in [3.63, 3.8) is 0 Å². The summed E-state index contributed by atoms with van der Waals surface area (Å²) in [5.41, 5.74) is 2.63. The number of aryl methyl sites for hydroxylation is 2. The third-order valence-electron chi connectivity index (χ3n) is 2.60. The lowest BCUT2D eigenvalue weighted by Gasteiger charge is -2.10. The maximum atomic E-state index is 8.92. The standard InChI is InChI=1S/C14H20N2S/c1-4-16-13(10-15)7-8-17-14-6-5-11(2)9-12(14)3/h5-6,9,13,16H,4,7-8H2,1-3H3. The number of nitrogens with zero attached hydrogens (tertiary/aromatic N) is 1. The van der Waals surface area contributed by atoms with Crippen molar-refractivity contribution in [2.45, 2.75) is 38.1 Å². The summed E-state index contributed by atoms with van der Waals surface area (Å²) in [6.07, 6.45) is 0.891. The monoisotopic (exact) mass is 248 g/mol. The van der Waals surface area contributed by atoms with Crippen LogP contribution in [0.15, 0.2) is 23.1 Å². The smallest absolute Gasteiger partial charge is 0.0960 e. The Labute approximate surface area is 108 Å². The van der Waals surface area contributed by atoms with E-state index in [0.717, 1.165) is 18.7 Å². The molecule has 0 bridgehead atoms. The number of thioether (sulfide) groups is 1. The summed E-state index contributed by atoms with van der Waals surface area (Å²) in [5.74, 6) is 0.981. The van der Waals surface area contributed by atoms with Crippen molar-refractivity contribution in [1.82, 2.24) is 5.32 Å². The van der Waals surface area contributed by atoms with Crippen LogP contribution >= 0.6 is 11.8 Å². The Morgan fingerprint density at radius 1 is 1.41 bits per heavy atom. The van der Waals surface area contributed by atoms with Crippen LogP contribution in [0.5, 0.6) is 0 Å². The highest BCUT2D eigenvalue weighted by Gasteiger charge is 2.06. The van der Waals surface area contributed by atoms with Crippen molar-refractivity contribution in [3.8, 4) is 6.07 Å². The summed E-state index contributed by atoms with van der Waals surface area (Å²) in [4.78, 5) is 1.32. The van der Waals surface area contributed by atoms with E-state index in [0.29, 0.717) is 0 Å². The average Bonchev–Trinajstić information content (AvgIpc) is 2.30. The van der Waals surface area contributed by atoms with Crippen LogP contribution in [0.2, 0.25) is 0 Å². The number of benzene rings is 1. The molecule has 0 aliphatic rings. The zero-order valence-corrected chi connectivity index (χ0v) is 11.6. The van der Waals surface area contributed by atoms with Gasteiger partial charge in [0.2, 0.25) is 0 Å². The Morgan fingerprint density at radius 2 is 2.18 bits per heavy atom. The van der Waals surface area contributed by atoms with Gasteiger partial charge in [0.05, 0.1) is 12.1 Å². The lowest BCUT2D eigenvalue weighted by atomic mass is 10.2. The average molecular weight is 248 g/mol. The van der Waals surface area contributed by atoms with Crippen LogP contribution in [0.1, 0.15) is 24.5 Å². The minimum atomic E-state index is -0.0155. The fourth-order valence-electron chi connectivity index (χ4n) is 1.71. The van der Waals surface area contributed by atoms with Gasteiger partial charge in [-0.1, -0.05) is 24.6 Å². The fraction of sp³-hybridized carbons (Fsp3) is 0.500. The molecule has 0 radical (unpaired) electrons. The Hall–Kier alpha value is -0.980. The third kappa shape index (κ3) is 4.80. The summed E-state index contributed by atoms with van der Waals surface area (Å²) >= 11 is 1.83. The van der Waals surface area contributed by atoms with E-state index in [9.17, 15) is 0 Å². The summed E-state index contributed by atoms with van der Waals surface area (Å²) in [6.45, 7) is 7.13. The molecule has 1 aromatic carbocycles. The Morgan fingerprint density at radius 3 is 2.76 bits per heavy atom. The van der Waals surface area contributed by atoms with Gasteiger partial charge in [-0.05, 0) is 38.4 Å². The van der Waals surface area contributed by atoms with Crippen LogP contribution in [-0.4, -0.2) is 18.3 Å². The van der Waals surface area contributed by atoms with Gasteiger partial charge in [-0.25, -0.2) is 0 Å². The lowest BCUT2D eigenvalue weighted by Crippen LogP contribution is -2.27. The summed E-state index contributed by atoms with van der Waals surface area (Å²) in [5, 5.41) is 12.1. The molecule has 17 heavy (non-hydrogen) atoms. The van der Waals surface area contributed by atoms with Crippen molar-refractivity contribution < 1.29 is 0 Å². The van der Waals surface area contributed by atoms with Crippen LogP contribution < -0.4 is 5.32 Å². The summed E-state index contributed by atoms with van der Waals surface area (Å²) < 4.78 is 0. The molecule has 1 unspecified atom stereocenters. The summed E-state index contributed by atoms with van der Waals surface area (Å²) in [6, 6.07) is 8.79. The second kappa shape index (κ2) is 7.37. The van der Waals surface area contributed by atoms with Gasteiger partial charge < -0.3 is 5.32 Å². The molecular weight excluding hydrogens is 228 g/mol. The Bertz CT molecular complexity index is 396. The van der Waals surface area contributed by atoms with E-state index in [-0.39, 0.29) is 6.04 Å². The molecule has 3 heteroatoms. The molecule has 0 saturated carbocycles. The van der Waals surface area contributed by atoms with Crippen molar-refractivity contribution in [1.29, 1.82) is 5.26 Å². The first kappa shape index (κ1) is 14.1. The van der Waals surface area contributed by atoms with E-state index in [2.05, 4.69) is 43.4 Å². The van der Waals surface area contributed by atoms with E-state index in [4.69, 9.17) is 5.26 Å². The van der Waals surface area contributed by atoms with Crippen molar-refractivity contribution in [3.05, 3.63) is 29.3 Å². The van der Waals surface area contributed by atoms with E-state index < -0.39 is 0 Å². The highest BCUT2D eigenvalue weighted by Crippen LogP contribution is 2.24. The molecule has 0 saturated heterocycles. The predicted octanol–water partition coefficient (Wildman–Crippen LogP) is 3.29. The first-order chi connectivity index (χ1) is 8.17. The number of rotatable bonds is 6. The molecule has 92 valence electrons. The van der Waals surface area contributed by atoms with Crippen LogP contribution in [0.4, 0.5) is 0 Å². The van der Waals surface area contributed by atoms with Crippen molar-refractivity contribution in [2.24, 2.45) is 0 Å². The maximum absolute atomic E-state index is 8.92. The molecule has 1 aromatic rings. The second-order valence-electron chi connectivity index (χ2n) is 4.15. The van der Waals surface area contributed by atoms with Gasteiger partial charge in [0.1, 0.15) is 0 Å². The molecule has 0 heterocycles. The van der Waals surface area contributed by atoms with Crippen molar-refractivity contribution >= 4 is 11.8 Å². The Balaban J connectivity index is 2.43. The molecule has 0 aliphatic carbocycles. The van der Waals surface area contributed by atoms with E-state index >= 15 is 0 Å². The molecule has 1 atom stereocenters. The van der Waals surface area contributed by atoms with Gasteiger partial charge in [-0.3, -0.25) is 0 Å². The maximum Gasteiger partial charge on any atom is 0.0960 e. The molecule has 1 N–H and O–H groups in total. The van der Waals surface area contributed by atoms with Gasteiger partial charge in [-0.2, -0.15) is 5.26 Å². The minimum absolute atomic E-state index is 0.0155. The Kier molecular flexibility index (Phi) is 6.10. The molecule has 0 aliphatic heterocycles. The normalized spacial score (nSPS) is 12.1. The van der Waals surface area contributed by atoms with Crippen LogP contribution in [-0.2, 0) is 0 Å².